The molecular formula is C23H48O2. The molecule has 0 aromatic carbocycles. The molecule has 0 unspecified atom stereocenters. The summed E-state index contributed by atoms with van der Waals surface area (Å²) in [6.07, 6.45) is 26.5. The summed E-state index contributed by atoms with van der Waals surface area (Å²) in [5, 5.41) is 0. The zero-order valence-electron chi connectivity index (χ0n) is 17.7. The van der Waals surface area contributed by atoms with Crippen LogP contribution in [0.15, 0.2) is 0 Å². The zero-order chi connectivity index (χ0) is 18.3. The molecule has 0 aliphatic rings. The molecule has 0 amide bonds. The lowest BCUT2D eigenvalue weighted by molar-refractivity contribution is -0.294. The van der Waals surface area contributed by atoms with E-state index in [-0.39, 0.29) is 0 Å². The summed E-state index contributed by atoms with van der Waals surface area (Å²) in [7, 11) is 0. The van der Waals surface area contributed by atoms with Gasteiger partial charge in [0.25, 0.3) is 0 Å². The van der Waals surface area contributed by atoms with Crippen molar-refractivity contribution < 1.29 is 9.78 Å². The van der Waals surface area contributed by atoms with Crippen molar-refractivity contribution in [3.63, 3.8) is 0 Å². The number of rotatable bonds is 22. The Hall–Kier alpha value is -0.0800. The van der Waals surface area contributed by atoms with E-state index in [1.807, 2.05) is 0 Å². The summed E-state index contributed by atoms with van der Waals surface area (Å²) >= 11 is 0. The van der Waals surface area contributed by atoms with E-state index in [0.717, 1.165) is 26.1 Å². The maximum atomic E-state index is 5.10. The summed E-state index contributed by atoms with van der Waals surface area (Å²) in [5.74, 6) is 0. The predicted molar refractivity (Wildman–Crippen MR) is 111 cm³/mol. The fourth-order valence-corrected chi connectivity index (χ4v) is 3.26. The first-order valence-electron chi connectivity index (χ1n) is 11.7. The van der Waals surface area contributed by atoms with Crippen molar-refractivity contribution >= 4 is 0 Å². The molecule has 0 fully saturated rings. The van der Waals surface area contributed by atoms with Gasteiger partial charge in [-0.1, -0.05) is 123 Å². The minimum absolute atomic E-state index is 0.721. The first kappa shape index (κ1) is 24.9. The quantitative estimate of drug-likeness (QED) is 0.110. The minimum atomic E-state index is 0.721. The van der Waals surface area contributed by atoms with Crippen molar-refractivity contribution in [3.05, 3.63) is 0 Å². The molecule has 0 aliphatic heterocycles. The average molecular weight is 357 g/mol. The van der Waals surface area contributed by atoms with Gasteiger partial charge >= 0.3 is 0 Å². The molecule has 0 saturated carbocycles. The largest absolute Gasteiger partial charge is 0.237 e. The van der Waals surface area contributed by atoms with Gasteiger partial charge in [-0.3, -0.25) is 0 Å². The van der Waals surface area contributed by atoms with Crippen LogP contribution in [-0.2, 0) is 9.78 Å². The number of hydrogen-bond donors (Lipinski definition) is 0. The summed E-state index contributed by atoms with van der Waals surface area (Å²) < 4.78 is 0. The van der Waals surface area contributed by atoms with Gasteiger partial charge in [0.05, 0.1) is 13.2 Å². The molecule has 0 aliphatic carbocycles. The molecule has 0 aromatic heterocycles. The molecular weight excluding hydrogens is 308 g/mol. The fourth-order valence-electron chi connectivity index (χ4n) is 3.26. The lowest BCUT2D eigenvalue weighted by Gasteiger charge is -2.04. The second-order valence-corrected chi connectivity index (χ2v) is 7.65. The van der Waals surface area contributed by atoms with E-state index in [0.29, 0.717) is 0 Å². The third-order valence-corrected chi connectivity index (χ3v) is 4.95. The molecule has 0 N–H and O–H groups in total. The van der Waals surface area contributed by atoms with Crippen molar-refractivity contribution in [2.45, 2.75) is 136 Å². The Kier molecular flexibility index (Phi) is 23.8. The monoisotopic (exact) mass is 356 g/mol. The predicted octanol–water partition coefficient (Wildman–Crippen LogP) is 8.39. The van der Waals surface area contributed by atoms with Crippen molar-refractivity contribution in [1.82, 2.24) is 0 Å². The van der Waals surface area contributed by atoms with Gasteiger partial charge in [0.15, 0.2) is 0 Å². The Labute approximate surface area is 159 Å². The Bertz CT molecular complexity index is 196. The zero-order valence-corrected chi connectivity index (χ0v) is 17.7. The van der Waals surface area contributed by atoms with Crippen LogP contribution in [0.25, 0.3) is 0 Å². The van der Waals surface area contributed by atoms with Gasteiger partial charge in [-0.15, -0.1) is 0 Å². The molecule has 2 heteroatoms. The maximum Gasteiger partial charge on any atom is 0.0822 e. The summed E-state index contributed by atoms with van der Waals surface area (Å²) in [5.41, 5.74) is 0. The van der Waals surface area contributed by atoms with Crippen LogP contribution in [0.2, 0.25) is 0 Å². The Balaban J connectivity index is 2.94. The van der Waals surface area contributed by atoms with E-state index in [4.69, 9.17) is 9.78 Å². The molecule has 0 spiro atoms. The van der Waals surface area contributed by atoms with Crippen molar-refractivity contribution in [2.75, 3.05) is 13.2 Å². The van der Waals surface area contributed by atoms with Gasteiger partial charge in [-0.25, -0.2) is 9.78 Å². The van der Waals surface area contributed by atoms with Crippen molar-refractivity contribution in [2.24, 2.45) is 0 Å². The van der Waals surface area contributed by atoms with Crippen LogP contribution in [0.1, 0.15) is 136 Å². The number of unbranched alkanes of at least 4 members (excludes halogenated alkanes) is 17. The third kappa shape index (κ3) is 23.9. The summed E-state index contributed by atoms with van der Waals surface area (Å²) in [6, 6.07) is 0. The van der Waals surface area contributed by atoms with Crippen LogP contribution in [0.5, 0.6) is 0 Å². The first-order chi connectivity index (χ1) is 12.4. The third-order valence-electron chi connectivity index (χ3n) is 4.95. The molecule has 0 saturated heterocycles. The highest BCUT2D eigenvalue weighted by atomic mass is 17.2. The van der Waals surface area contributed by atoms with Crippen LogP contribution in [0.4, 0.5) is 0 Å². The van der Waals surface area contributed by atoms with Gasteiger partial charge in [-0.05, 0) is 12.8 Å². The summed E-state index contributed by atoms with van der Waals surface area (Å²) in [4.78, 5) is 10.1. The molecule has 152 valence electrons. The highest BCUT2D eigenvalue weighted by molar-refractivity contribution is 4.50. The van der Waals surface area contributed by atoms with Crippen LogP contribution in [0.3, 0.4) is 0 Å². The van der Waals surface area contributed by atoms with Crippen LogP contribution in [-0.4, -0.2) is 13.2 Å². The smallest absolute Gasteiger partial charge is 0.0822 e. The highest BCUT2D eigenvalue weighted by Crippen LogP contribution is 2.14. The van der Waals surface area contributed by atoms with E-state index in [2.05, 4.69) is 13.8 Å². The lowest BCUT2D eigenvalue weighted by Crippen LogP contribution is -1.97. The SMILES string of the molecule is CCCCCCCCCCCCCCCCCCCCOOCCC. The molecule has 0 aromatic rings. The van der Waals surface area contributed by atoms with E-state index >= 15 is 0 Å². The Morgan fingerprint density at radius 1 is 0.320 bits per heavy atom. The maximum absolute atomic E-state index is 5.10. The molecule has 0 heterocycles. The topological polar surface area (TPSA) is 18.5 Å². The van der Waals surface area contributed by atoms with Gasteiger partial charge in [0.1, 0.15) is 0 Å². The average Bonchev–Trinajstić information content (AvgIpc) is 2.63. The minimum Gasteiger partial charge on any atom is -0.237 e. The van der Waals surface area contributed by atoms with Crippen molar-refractivity contribution in [1.29, 1.82) is 0 Å². The number of hydrogen-bond acceptors (Lipinski definition) is 2. The highest BCUT2D eigenvalue weighted by Gasteiger charge is 1.95. The second kappa shape index (κ2) is 23.9. The molecule has 0 atom stereocenters. The van der Waals surface area contributed by atoms with Gasteiger partial charge in [0, 0.05) is 0 Å². The molecule has 0 rings (SSSR count). The van der Waals surface area contributed by atoms with Crippen molar-refractivity contribution in [3.8, 4) is 0 Å². The molecule has 0 radical (unpaired) electrons. The van der Waals surface area contributed by atoms with Gasteiger partial charge in [-0.2, -0.15) is 0 Å². The molecule has 0 bridgehead atoms. The van der Waals surface area contributed by atoms with Gasteiger partial charge < -0.3 is 0 Å². The van der Waals surface area contributed by atoms with Crippen LogP contribution in [0, 0.1) is 0 Å². The molecule has 25 heavy (non-hydrogen) atoms. The van der Waals surface area contributed by atoms with Gasteiger partial charge in [0.2, 0.25) is 0 Å². The van der Waals surface area contributed by atoms with E-state index in [1.54, 1.807) is 0 Å². The Morgan fingerprint density at radius 2 is 0.640 bits per heavy atom. The van der Waals surface area contributed by atoms with E-state index in [1.165, 1.54) is 109 Å². The second-order valence-electron chi connectivity index (χ2n) is 7.65. The first-order valence-corrected chi connectivity index (χ1v) is 11.7. The van der Waals surface area contributed by atoms with Crippen LogP contribution >= 0.6 is 0 Å². The molecule has 2 nitrogen and oxygen atoms in total. The Morgan fingerprint density at radius 3 is 1.00 bits per heavy atom. The fraction of sp³-hybridized carbons (Fsp3) is 1.00. The normalized spacial score (nSPS) is 11.3. The van der Waals surface area contributed by atoms with E-state index < -0.39 is 0 Å². The van der Waals surface area contributed by atoms with Crippen LogP contribution < -0.4 is 0 Å². The summed E-state index contributed by atoms with van der Waals surface area (Å²) in [6.45, 7) is 5.87. The van der Waals surface area contributed by atoms with E-state index in [9.17, 15) is 0 Å². The lowest BCUT2D eigenvalue weighted by atomic mass is 10.0. The standard InChI is InChI=1S/C23H48O2/c1-3-5-6-7-8-9-10-11-12-13-14-15-16-17-18-19-20-21-23-25-24-22-4-2/h3-23H2,1-2H3.